The smallest absolute Gasteiger partial charge is 0.254 e. The predicted octanol–water partition coefficient (Wildman–Crippen LogP) is 3.96. The number of halogens is 1. The van der Waals surface area contributed by atoms with Gasteiger partial charge in [0.05, 0.1) is 6.26 Å². The molecular formula is C20H17ClN2O3. The van der Waals surface area contributed by atoms with Crippen molar-refractivity contribution in [1.82, 2.24) is 4.90 Å². The van der Waals surface area contributed by atoms with E-state index in [2.05, 4.69) is 0 Å². The Morgan fingerprint density at radius 2 is 2.04 bits per heavy atom. The lowest BCUT2D eigenvalue weighted by atomic mass is 10.1. The first-order chi connectivity index (χ1) is 12.5. The second-order valence-electron chi connectivity index (χ2n) is 6.44. The van der Waals surface area contributed by atoms with Crippen LogP contribution in [0.1, 0.15) is 17.3 Å². The molecule has 1 saturated heterocycles. The molecule has 0 aliphatic carbocycles. The molecule has 0 bridgehead atoms. The first kappa shape index (κ1) is 16.7. The summed E-state index contributed by atoms with van der Waals surface area (Å²) in [5.74, 6) is -0.275. The van der Waals surface area contributed by atoms with Crippen LogP contribution in [0.4, 0.5) is 5.69 Å². The molecule has 5 nitrogen and oxygen atoms in total. The van der Waals surface area contributed by atoms with E-state index in [9.17, 15) is 9.59 Å². The molecule has 1 fully saturated rings. The highest BCUT2D eigenvalue weighted by atomic mass is 35.5. The highest BCUT2D eigenvalue weighted by molar-refractivity contribution is 6.31. The van der Waals surface area contributed by atoms with Gasteiger partial charge in [-0.25, -0.2) is 0 Å². The number of rotatable bonds is 2. The van der Waals surface area contributed by atoms with Gasteiger partial charge in [0.15, 0.2) is 0 Å². The molecule has 4 rings (SSSR count). The first-order valence-electron chi connectivity index (χ1n) is 8.37. The third-order valence-electron chi connectivity index (χ3n) is 4.67. The van der Waals surface area contributed by atoms with Crippen molar-refractivity contribution in [3.63, 3.8) is 0 Å². The van der Waals surface area contributed by atoms with E-state index in [1.165, 1.54) is 0 Å². The van der Waals surface area contributed by atoms with Gasteiger partial charge >= 0.3 is 0 Å². The third kappa shape index (κ3) is 2.95. The van der Waals surface area contributed by atoms with Crippen molar-refractivity contribution in [1.29, 1.82) is 0 Å². The van der Waals surface area contributed by atoms with E-state index in [0.717, 1.165) is 16.7 Å². The Morgan fingerprint density at radius 1 is 1.19 bits per heavy atom. The van der Waals surface area contributed by atoms with Crippen LogP contribution in [0.3, 0.4) is 0 Å². The molecule has 2 heterocycles. The number of carbonyl (C=O) groups excluding carboxylic acids is 2. The molecule has 0 unspecified atom stereocenters. The Bertz CT molecular complexity index is 997. The fraction of sp³-hybridized carbons (Fsp3) is 0.200. The fourth-order valence-corrected chi connectivity index (χ4v) is 3.47. The second kappa shape index (κ2) is 6.50. The summed E-state index contributed by atoms with van der Waals surface area (Å²) >= 11 is 6.04. The zero-order chi connectivity index (χ0) is 18.3. The summed E-state index contributed by atoms with van der Waals surface area (Å²) in [6.45, 7) is 2.41. The largest absolute Gasteiger partial charge is 0.464 e. The number of fused-ring (bicyclic) bond motifs is 1. The molecule has 1 aliphatic heterocycles. The lowest BCUT2D eigenvalue weighted by Gasteiger charge is -2.39. The summed E-state index contributed by atoms with van der Waals surface area (Å²) in [4.78, 5) is 28.9. The summed E-state index contributed by atoms with van der Waals surface area (Å²) in [5.41, 5.74) is 2.03. The summed E-state index contributed by atoms with van der Waals surface area (Å²) in [5, 5.41) is 1.45. The van der Waals surface area contributed by atoms with Crippen LogP contribution >= 0.6 is 11.6 Å². The summed E-state index contributed by atoms with van der Waals surface area (Å²) in [6.07, 6.45) is 1.59. The van der Waals surface area contributed by atoms with Crippen LogP contribution in [0.5, 0.6) is 0 Å². The van der Waals surface area contributed by atoms with Gasteiger partial charge in [0.1, 0.15) is 12.1 Å². The van der Waals surface area contributed by atoms with Crippen LogP contribution in [-0.2, 0) is 4.79 Å². The maximum atomic E-state index is 12.9. The quantitative estimate of drug-likeness (QED) is 0.688. The van der Waals surface area contributed by atoms with Gasteiger partial charge < -0.3 is 14.2 Å². The maximum Gasteiger partial charge on any atom is 0.254 e. The SMILES string of the molecule is C[C@H]1CN(c2cccc(Cl)c2)C(=O)CN1C(=O)c1ccc2occc2c1. The molecule has 3 aromatic rings. The van der Waals surface area contributed by atoms with Crippen LogP contribution < -0.4 is 4.90 Å². The molecule has 6 heteroatoms. The molecule has 0 radical (unpaired) electrons. The van der Waals surface area contributed by atoms with Crippen LogP contribution in [0.2, 0.25) is 5.02 Å². The monoisotopic (exact) mass is 368 g/mol. The highest BCUT2D eigenvalue weighted by Crippen LogP contribution is 2.25. The Balaban J connectivity index is 1.57. The van der Waals surface area contributed by atoms with Crippen molar-refractivity contribution >= 4 is 40.1 Å². The van der Waals surface area contributed by atoms with E-state index in [-0.39, 0.29) is 24.4 Å². The Morgan fingerprint density at radius 3 is 2.85 bits per heavy atom. The average molecular weight is 369 g/mol. The zero-order valence-corrected chi connectivity index (χ0v) is 14.9. The minimum absolute atomic E-state index is 0.0376. The normalized spacial score (nSPS) is 17.8. The van der Waals surface area contributed by atoms with Crippen molar-refractivity contribution in [3.8, 4) is 0 Å². The van der Waals surface area contributed by atoms with Crippen LogP contribution in [0.15, 0.2) is 59.2 Å². The number of anilines is 1. The van der Waals surface area contributed by atoms with Crippen LogP contribution in [0, 0.1) is 0 Å². The van der Waals surface area contributed by atoms with Gasteiger partial charge in [-0.2, -0.15) is 0 Å². The van der Waals surface area contributed by atoms with Gasteiger partial charge in [-0.15, -0.1) is 0 Å². The number of furan rings is 1. The zero-order valence-electron chi connectivity index (χ0n) is 14.2. The van der Waals surface area contributed by atoms with Crippen LogP contribution in [0.25, 0.3) is 11.0 Å². The number of benzene rings is 2. The van der Waals surface area contributed by atoms with Gasteiger partial charge in [0, 0.05) is 34.2 Å². The van der Waals surface area contributed by atoms with E-state index in [1.54, 1.807) is 46.4 Å². The summed E-state index contributed by atoms with van der Waals surface area (Å²) < 4.78 is 5.31. The van der Waals surface area contributed by atoms with E-state index in [1.807, 2.05) is 25.1 Å². The Hall–Kier alpha value is -2.79. The van der Waals surface area contributed by atoms with E-state index in [0.29, 0.717) is 17.1 Å². The maximum absolute atomic E-state index is 12.9. The summed E-state index contributed by atoms with van der Waals surface area (Å²) in [7, 11) is 0. The molecule has 0 N–H and O–H groups in total. The Kier molecular flexibility index (Phi) is 4.17. The van der Waals surface area contributed by atoms with Gasteiger partial charge in [-0.05, 0) is 49.4 Å². The number of nitrogens with zero attached hydrogens (tertiary/aromatic N) is 2. The van der Waals surface area contributed by atoms with Gasteiger partial charge in [-0.1, -0.05) is 17.7 Å². The lowest BCUT2D eigenvalue weighted by Crippen LogP contribution is -2.57. The second-order valence-corrected chi connectivity index (χ2v) is 6.88. The molecular weight excluding hydrogens is 352 g/mol. The van der Waals surface area contributed by atoms with Crippen molar-refractivity contribution in [2.24, 2.45) is 0 Å². The van der Waals surface area contributed by atoms with Crippen molar-refractivity contribution in [2.75, 3.05) is 18.0 Å². The number of carbonyl (C=O) groups is 2. The minimum Gasteiger partial charge on any atom is -0.464 e. The molecule has 0 saturated carbocycles. The number of amides is 2. The Labute approximate surface area is 155 Å². The highest BCUT2D eigenvalue weighted by Gasteiger charge is 2.33. The van der Waals surface area contributed by atoms with Gasteiger partial charge in [0.25, 0.3) is 5.91 Å². The molecule has 1 aromatic heterocycles. The van der Waals surface area contributed by atoms with Crippen molar-refractivity contribution < 1.29 is 14.0 Å². The molecule has 132 valence electrons. The molecule has 26 heavy (non-hydrogen) atoms. The molecule has 2 amide bonds. The molecule has 0 spiro atoms. The van der Waals surface area contributed by atoms with Gasteiger partial charge in [0.2, 0.25) is 5.91 Å². The van der Waals surface area contributed by atoms with Gasteiger partial charge in [-0.3, -0.25) is 9.59 Å². The standard InChI is InChI=1S/C20H17ClN2O3/c1-13-11-23(17-4-2-3-16(21)10-17)19(24)12-22(13)20(25)15-5-6-18-14(9-15)7-8-26-18/h2-10,13H,11-12H2,1H3/t13-/m0/s1. The number of hydrogen-bond acceptors (Lipinski definition) is 3. The fourth-order valence-electron chi connectivity index (χ4n) is 3.28. The average Bonchev–Trinajstić information content (AvgIpc) is 3.10. The number of hydrogen-bond donors (Lipinski definition) is 0. The van der Waals surface area contributed by atoms with E-state index >= 15 is 0 Å². The molecule has 1 aliphatic rings. The first-order valence-corrected chi connectivity index (χ1v) is 8.75. The van der Waals surface area contributed by atoms with Crippen molar-refractivity contribution in [3.05, 3.63) is 65.4 Å². The number of piperazine rings is 1. The molecule has 1 atom stereocenters. The third-order valence-corrected chi connectivity index (χ3v) is 4.90. The summed E-state index contributed by atoms with van der Waals surface area (Å²) in [6, 6.07) is 14.2. The predicted molar refractivity (Wildman–Crippen MR) is 101 cm³/mol. The molecule has 2 aromatic carbocycles. The topological polar surface area (TPSA) is 53.8 Å². The minimum atomic E-state index is -0.153. The van der Waals surface area contributed by atoms with Crippen LogP contribution in [-0.4, -0.2) is 35.8 Å². The van der Waals surface area contributed by atoms with E-state index < -0.39 is 0 Å². The van der Waals surface area contributed by atoms with Crippen molar-refractivity contribution in [2.45, 2.75) is 13.0 Å². The lowest BCUT2D eigenvalue weighted by molar-refractivity contribution is -0.121. The van der Waals surface area contributed by atoms with E-state index in [4.69, 9.17) is 16.0 Å².